The molecule has 2 atom stereocenters. The van der Waals surface area contributed by atoms with Gasteiger partial charge >= 0.3 is 0 Å². The van der Waals surface area contributed by atoms with E-state index in [4.69, 9.17) is 4.74 Å². The van der Waals surface area contributed by atoms with E-state index in [1.165, 1.54) is 11.3 Å². The fourth-order valence-corrected chi connectivity index (χ4v) is 3.91. The summed E-state index contributed by atoms with van der Waals surface area (Å²) in [4.78, 5) is 28.3. The molecule has 132 valence electrons. The monoisotopic (exact) mass is 359 g/mol. The Kier molecular flexibility index (Phi) is 5.03. The van der Waals surface area contributed by atoms with Crippen molar-refractivity contribution in [2.45, 2.75) is 26.7 Å². The number of hydrogen-bond donors (Lipinski definition) is 1. The second-order valence-corrected chi connectivity index (χ2v) is 7.12. The van der Waals surface area contributed by atoms with Gasteiger partial charge in [-0.3, -0.25) is 4.79 Å². The lowest BCUT2D eigenvalue weighted by Gasteiger charge is -2.29. The summed E-state index contributed by atoms with van der Waals surface area (Å²) < 4.78 is 6.37. The molecule has 0 spiro atoms. The maximum absolute atomic E-state index is 12.6. The average Bonchev–Trinajstić information content (AvgIpc) is 2.96. The third-order valence-electron chi connectivity index (χ3n) is 4.29. The van der Waals surface area contributed by atoms with Gasteiger partial charge in [0.25, 0.3) is 0 Å². The number of rotatable bonds is 5. The lowest BCUT2D eigenvalue weighted by molar-refractivity contribution is -0.313. The molecular weight excluding hydrogens is 340 g/mol. The number of carbonyl (C=O) groups is 2. The molecule has 1 amide bonds. The molecule has 0 radical (unpaired) electrons. The van der Waals surface area contributed by atoms with Crippen molar-refractivity contribution in [1.82, 2.24) is 4.98 Å². The molecule has 0 bridgehead atoms. The minimum Gasteiger partial charge on any atom is -0.550 e. The number of anilines is 1. The van der Waals surface area contributed by atoms with Crippen LogP contribution in [0.1, 0.15) is 26.7 Å². The van der Waals surface area contributed by atoms with Gasteiger partial charge in [0.05, 0.1) is 22.7 Å². The van der Waals surface area contributed by atoms with Crippen LogP contribution in [0.4, 0.5) is 5.13 Å². The predicted molar refractivity (Wildman–Crippen MR) is 94.4 cm³/mol. The van der Waals surface area contributed by atoms with Gasteiger partial charge in [0.15, 0.2) is 5.13 Å². The molecule has 0 saturated carbocycles. The molecule has 0 fully saturated rings. The minimum atomic E-state index is -1.19. The van der Waals surface area contributed by atoms with Crippen molar-refractivity contribution in [3.05, 3.63) is 29.8 Å². The summed E-state index contributed by atoms with van der Waals surface area (Å²) in [5, 5.41) is 14.5. The summed E-state index contributed by atoms with van der Waals surface area (Å²) in [6.07, 6.45) is 2.60. The number of carbonyl (C=O) groups excluding carboxylic acids is 2. The quantitative estimate of drug-likeness (QED) is 0.828. The molecule has 1 aliphatic carbocycles. The van der Waals surface area contributed by atoms with Crippen LogP contribution in [0.5, 0.6) is 5.75 Å². The van der Waals surface area contributed by atoms with Crippen LogP contribution in [0.15, 0.2) is 29.8 Å². The van der Waals surface area contributed by atoms with Gasteiger partial charge < -0.3 is 20.0 Å². The van der Waals surface area contributed by atoms with Crippen LogP contribution in [0.3, 0.4) is 0 Å². The first-order valence-electron chi connectivity index (χ1n) is 8.18. The standard InChI is InChI=1S/C18H20N2O4S/c1-3-24-11-5-7-14-15(9-11)25-18(19-14)20-16(21)13-8-10(2)4-6-12(13)17(22)23/h4-5,7,9,12-13H,3,6,8H2,1-2H3,(H,22,23)(H,19,20,21)/p-1/t12-,13+/m0/s1. The zero-order chi connectivity index (χ0) is 18.0. The number of ether oxygens (including phenoxy) is 1. The normalized spacial score (nSPS) is 20.2. The molecule has 1 aromatic carbocycles. The van der Waals surface area contributed by atoms with Crippen molar-refractivity contribution in [3.63, 3.8) is 0 Å². The summed E-state index contributed by atoms with van der Waals surface area (Å²) in [6, 6.07) is 5.55. The van der Waals surface area contributed by atoms with Crippen molar-refractivity contribution in [1.29, 1.82) is 0 Å². The number of carboxylic acid groups (broad SMARTS) is 1. The van der Waals surface area contributed by atoms with Crippen molar-refractivity contribution in [2.75, 3.05) is 11.9 Å². The molecule has 1 aromatic heterocycles. The van der Waals surface area contributed by atoms with Crippen LogP contribution >= 0.6 is 11.3 Å². The number of amides is 1. The fourth-order valence-electron chi connectivity index (χ4n) is 3.01. The Morgan fingerprint density at radius 2 is 2.20 bits per heavy atom. The van der Waals surface area contributed by atoms with E-state index < -0.39 is 17.8 Å². The summed E-state index contributed by atoms with van der Waals surface area (Å²) in [5.74, 6) is -2.20. The van der Waals surface area contributed by atoms with Gasteiger partial charge in [-0.05, 0) is 44.9 Å². The second kappa shape index (κ2) is 7.23. The van der Waals surface area contributed by atoms with Crippen LogP contribution in [0.25, 0.3) is 10.2 Å². The molecule has 0 aliphatic heterocycles. The van der Waals surface area contributed by atoms with Crippen LogP contribution < -0.4 is 15.2 Å². The maximum Gasteiger partial charge on any atom is 0.230 e. The first-order chi connectivity index (χ1) is 12.0. The Hall–Kier alpha value is -2.41. The third-order valence-corrected chi connectivity index (χ3v) is 5.22. The van der Waals surface area contributed by atoms with Crippen LogP contribution in [-0.2, 0) is 9.59 Å². The van der Waals surface area contributed by atoms with Crippen LogP contribution in [0, 0.1) is 11.8 Å². The molecule has 1 aliphatic rings. The number of hydrogen-bond acceptors (Lipinski definition) is 6. The molecule has 25 heavy (non-hydrogen) atoms. The second-order valence-electron chi connectivity index (χ2n) is 6.09. The van der Waals surface area contributed by atoms with Crippen LogP contribution in [0.2, 0.25) is 0 Å². The number of allylic oxidation sites excluding steroid dienone is 2. The van der Waals surface area contributed by atoms with E-state index >= 15 is 0 Å². The van der Waals surface area contributed by atoms with E-state index in [0.717, 1.165) is 21.5 Å². The molecule has 0 saturated heterocycles. The topological polar surface area (TPSA) is 91.3 Å². The van der Waals surface area contributed by atoms with Gasteiger partial charge in [0.1, 0.15) is 5.75 Å². The highest BCUT2D eigenvalue weighted by atomic mass is 32.1. The number of thiazole rings is 1. The van der Waals surface area contributed by atoms with Crippen molar-refractivity contribution in [2.24, 2.45) is 11.8 Å². The Bertz CT molecular complexity index is 843. The number of fused-ring (bicyclic) bond motifs is 1. The Morgan fingerprint density at radius 1 is 1.40 bits per heavy atom. The number of aliphatic carboxylic acids is 1. The molecule has 1 heterocycles. The van der Waals surface area contributed by atoms with Crippen molar-refractivity contribution >= 4 is 38.6 Å². The molecule has 1 N–H and O–H groups in total. The largest absolute Gasteiger partial charge is 0.550 e. The molecule has 7 heteroatoms. The highest BCUT2D eigenvalue weighted by molar-refractivity contribution is 7.22. The van der Waals surface area contributed by atoms with Gasteiger partial charge in [-0.2, -0.15) is 0 Å². The zero-order valence-electron chi connectivity index (χ0n) is 14.1. The lowest BCUT2D eigenvalue weighted by atomic mass is 9.79. The third kappa shape index (κ3) is 3.82. The fraction of sp³-hybridized carbons (Fsp3) is 0.389. The average molecular weight is 359 g/mol. The van der Waals surface area contributed by atoms with E-state index in [0.29, 0.717) is 24.6 Å². The molecular formula is C18H19N2O4S-. The number of carboxylic acids is 1. The smallest absolute Gasteiger partial charge is 0.230 e. The van der Waals surface area contributed by atoms with Crippen LogP contribution in [-0.4, -0.2) is 23.5 Å². The highest BCUT2D eigenvalue weighted by Gasteiger charge is 2.32. The summed E-state index contributed by atoms with van der Waals surface area (Å²) in [5.41, 5.74) is 1.78. The first kappa shape index (κ1) is 17.4. The highest BCUT2D eigenvalue weighted by Crippen LogP contribution is 2.33. The van der Waals surface area contributed by atoms with E-state index in [1.807, 2.05) is 38.1 Å². The maximum atomic E-state index is 12.6. The SMILES string of the molecule is CCOc1ccc2nc(NC(=O)[C@@H]3CC(C)=CC[C@@H]3C(=O)[O-])sc2c1. The lowest BCUT2D eigenvalue weighted by Crippen LogP contribution is -2.42. The van der Waals surface area contributed by atoms with Crippen molar-refractivity contribution in [3.8, 4) is 5.75 Å². The molecule has 3 rings (SSSR count). The Morgan fingerprint density at radius 3 is 2.92 bits per heavy atom. The van der Waals surface area contributed by atoms with E-state index in [2.05, 4.69) is 10.3 Å². The number of nitrogens with zero attached hydrogens (tertiary/aromatic N) is 1. The van der Waals surface area contributed by atoms with E-state index in [-0.39, 0.29) is 5.91 Å². The Labute approximate surface area is 149 Å². The van der Waals surface area contributed by atoms with Gasteiger partial charge in [-0.25, -0.2) is 4.98 Å². The van der Waals surface area contributed by atoms with Gasteiger partial charge in [0.2, 0.25) is 5.91 Å². The first-order valence-corrected chi connectivity index (χ1v) is 9.00. The zero-order valence-corrected chi connectivity index (χ0v) is 14.9. The molecule has 0 unspecified atom stereocenters. The van der Waals surface area contributed by atoms with Gasteiger partial charge in [-0.15, -0.1) is 0 Å². The summed E-state index contributed by atoms with van der Waals surface area (Å²) >= 11 is 1.34. The summed E-state index contributed by atoms with van der Waals surface area (Å²) in [7, 11) is 0. The minimum absolute atomic E-state index is 0.323. The number of aromatic nitrogens is 1. The number of benzene rings is 1. The van der Waals surface area contributed by atoms with Gasteiger partial charge in [-0.1, -0.05) is 23.0 Å². The number of nitrogens with one attached hydrogen (secondary N) is 1. The predicted octanol–water partition coefficient (Wildman–Crippen LogP) is 2.36. The van der Waals surface area contributed by atoms with Gasteiger partial charge in [0, 0.05) is 11.9 Å². The molecule has 2 aromatic rings. The molecule has 6 nitrogen and oxygen atoms in total. The summed E-state index contributed by atoms with van der Waals surface area (Å²) in [6.45, 7) is 4.39. The van der Waals surface area contributed by atoms with E-state index in [9.17, 15) is 14.7 Å². The van der Waals surface area contributed by atoms with E-state index in [1.54, 1.807) is 0 Å². The van der Waals surface area contributed by atoms with Crippen molar-refractivity contribution < 1.29 is 19.4 Å². The Balaban J connectivity index is 1.78.